The van der Waals surface area contributed by atoms with Gasteiger partial charge in [0, 0.05) is 18.5 Å². The number of H-pyrrole nitrogens is 1. The standard InChI is InChI=1S/C11H10ClN3O3S/c1-7-4-5-13-11(12)10(7)15-19(17,18)8-2-3-9(16)14-6-8/h2-6,15H,1H3,(H,14,16). The van der Waals surface area contributed by atoms with E-state index in [9.17, 15) is 13.2 Å². The first-order valence-electron chi connectivity index (χ1n) is 5.23. The molecule has 0 unspecified atom stereocenters. The van der Waals surface area contributed by atoms with E-state index in [0.717, 1.165) is 12.3 Å². The van der Waals surface area contributed by atoms with Gasteiger partial charge in [-0.2, -0.15) is 0 Å². The summed E-state index contributed by atoms with van der Waals surface area (Å²) in [4.78, 5) is 17.0. The van der Waals surface area contributed by atoms with Gasteiger partial charge in [-0.05, 0) is 24.6 Å². The highest BCUT2D eigenvalue weighted by atomic mass is 35.5. The minimum atomic E-state index is -3.82. The van der Waals surface area contributed by atoms with Crippen LogP contribution in [0, 0.1) is 6.92 Å². The number of hydrogen-bond acceptors (Lipinski definition) is 4. The quantitative estimate of drug-likeness (QED) is 0.841. The summed E-state index contributed by atoms with van der Waals surface area (Å²) in [5.41, 5.74) is 0.484. The molecule has 0 amide bonds. The van der Waals surface area contributed by atoms with Crippen molar-refractivity contribution in [1.82, 2.24) is 9.97 Å². The molecule has 6 nitrogen and oxygen atoms in total. The van der Waals surface area contributed by atoms with Crippen molar-refractivity contribution >= 4 is 27.3 Å². The Bertz CT molecular complexity index is 730. The summed E-state index contributed by atoms with van der Waals surface area (Å²) in [5, 5.41) is 0.0630. The van der Waals surface area contributed by atoms with Gasteiger partial charge in [-0.1, -0.05) is 11.6 Å². The Hall–Kier alpha value is -1.86. The topological polar surface area (TPSA) is 91.9 Å². The number of aryl methyl sites for hydroxylation is 1. The van der Waals surface area contributed by atoms with Gasteiger partial charge in [-0.25, -0.2) is 13.4 Å². The molecular formula is C11H10ClN3O3S. The number of rotatable bonds is 3. The summed E-state index contributed by atoms with van der Waals surface area (Å²) < 4.78 is 26.5. The van der Waals surface area contributed by atoms with E-state index in [1.54, 1.807) is 13.0 Å². The van der Waals surface area contributed by atoms with Gasteiger partial charge in [-0.3, -0.25) is 9.52 Å². The molecule has 0 atom stereocenters. The van der Waals surface area contributed by atoms with Crippen LogP contribution in [0.5, 0.6) is 0 Å². The monoisotopic (exact) mass is 299 g/mol. The fourth-order valence-corrected chi connectivity index (χ4v) is 2.82. The zero-order valence-electron chi connectivity index (χ0n) is 9.84. The summed E-state index contributed by atoms with van der Waals surface area (Å²) in [6, 6.07) is 3.98. The number of aromatic nitrogens is 2. The van der Waals surface area contributed by atoms with Crippen molar-refractivity contribution in [3.05, 3.63) is 51.7 Å². The average Bonchev–Trinajstić information content (AvgIpc) is 2.35. The van der Waals surface area contributed by atoms with Crippen LogP contribution >= 0.6 is 11.6 Å². The number of aromatic amines is 1. The number of pyridine rings is 2. The van der Waals surface area contributed by atoms with Crippen LogP contribution in [0.4, 0.5) is 5.69 Å². The third-order valence-corrected chi connectivity index (χ3v) is 4.05. The van der Waals surface area contributed by atoms with E-state index >= 15 is 0 Å². The summed E-state index contributed by atoms with van der Waals surface area (Å²) in [5.74, 6) is 0. The number of nitrogens with zero attached hydrogens (tertiary/aromatic N) is 1. The Labute approximate surface area is 114 Å². The molecule has 2 rings (SSSR count). The van der Waals surface area contributed by atoms with Gasteiger partial charge in [0.1, 0.15) is 4.90 Å². The van der Waals surface area contributed by atoms with Gasteiger partial charge >= 0.3 is 0 Å². The fourth-order valence-electron chi connectivity index (χ4n) is 1.40. The lowest BCUT2D eigenvalue weighted by Crippen LogP contribution is -2.16. The van der Waals surface area contributed by atoms with Gasteiger partial charge in [0.15, 0.2) is 5.15 Å². The van der Waals surface area contributed by atoms with Crippen LogP contribution in [-0.4, -0.2) is 18.4 Å². The van der Waals surface area contributed by atoms with Crippen LogP contribution in [0.1, 0.15) is 5.56 Å². The number of anilines is 1. The molecule has 2 aromatic heterocycles. The van der Waals surface area contributed by atoms with Crippen LogP contribution in [0.25, 0.3) is 0 Å². The van der Waals surface area contributed by atoms with Gasteiger partial charge in [0.05, 0.1) is 5.69 Å². The molecule has 0 aliphatic rings. The lowest BCUT2D eigenvalue weighted by Gasteiger charge is -2.11. The van der Waals surface area contributed by atoms with Gasteiger partial charge in [-0.15, -0.1) is 0 Å². The highest BCUT2D eigenvalue weighted by Gasteiger charge is 2.17. The van der Waals surface area contributed by atoms with Crippen molar-refractivity contribution < 1.29 is 8.42 Å². The molecule has 0 saturated heterocycles. The van der Waals surface area contributed by atoms with Crippen molar-refractivity contribution in [1.29, 1.82) is 0 Å². The Kier molecular flexibility index (Phi) is 3.59. The molecule has 0 aliphatic heterocycles. The van der Waals surface area contributed by atoms with Crippen molar-refractivity contribution in [2.75, 3.05) is 4.72 Å². The minimum Gasteiger partial charge on any atom is -0.328 e. The van der Waals surface area contributed by atoms with Crippen LogP contribution in [0.15, 0.2) is 40.3 Å². The minimum absolute atomic E-state index is 0.0630. The smallest absolute Gasteiger partial charge is 0.263 e. The molecular weight excluding hydrogens is 290 g/mol. The lowest BCUT2D eigenvalue weighted by atomic mass is 10.3. The Balaban J connectivity index is 2.42. The molecule has 0 saturated carbocycles. The average molecular weight is 300 g/mol. The second-order valence-corrected chi connectivity index (χ2v) is 5.83. The van der Waals surface area contributed by atoms with Crippen LogP contribution in [-0.2, 0) is 10.0 Å². The molecule has 0 aromatic carbocycles. The predicted molar refractivity (Wildman–Crippen MR) is 71.9 cm³/mol. The zero-order valence-corrected chi connectivity index (χ0v) is 11.4. The fraction of sp³-hybridized carbons (Fsp3) is 0.0909. The highest BCUT2D eigenvalue weighted by Crippen LogP contribution is 2.25. The molecule has 0 spiro atoms. The number of hydrogen-bond donors (Lipinski definition) is 2. The van der Waals surface area contributed by atoms with E-state index < -0.39 is 10.0 Å². The van der Waals surface area contributed by atoms with Crippen molar-refractivity contribution in [2.24, 2.45) is 0 Å². The van der Waals surface area contributed by atoms with E-state index in [1.165, 1.54) is 12.3 Å². The van der Waals surface area contributed by atoms with Crippen molar-refractivity contribution in [3.63, 3.8) is 0 Å². The normalized spacial score (nSPS) is 11.3. The number of halogens is 1. The summed E-state index contributed by atoms with van der Waals surface area (Å²) in [6.07, 6.45) is 2.60. The van der Waals surface area contributed by atoms with Crippen LogP contribution in [0.3, 0.4) is 0 Å². The first-order valence-corrected chi connectivity index (χ1v) is 7.09. The highest BCUT2D eigenvalue weighted by molar-refractivity contribution is 7.92. The molecule has 100 valence electrons. The number of nitrogens with one attached hydrogen (secondary N) is 2. The Morgan fingerprint density at radius 2 is 2.05 bits per heavy atom. The van der Waals surface area contributed by atoms with E-state index in [-0.39, 0.29) is 21.3 Å². The SMILES string of the molecule is Cc1ccnc(Cl)c1NS(=O)(=O)c1ccc(=O)[nH]c1. The maximum Gasteiger partial charge on any atom is 0.263 e. The molecule has 0 bridgehead atoms. The Morgan fingerprint density at radius 3 is 2.63 bits per heavy atom. The second-order valence-electron chi connectivity index (χ2n) is 3.79. The van der Waals surface area contributed by atoms with Crippen LogP contribution in [0.2, 0.25) is 5.15 Å². The summed E-state index contributed by atoms with van der Waals surface area (Å²) in [7, 11) is -3.82. The van der Waals surface area contributed by atoms with Gasteiger partial charge in [0.2, 0.25) is 5.56 Å². The van der Waals surface area contributed by atoms with E-state index in [2.05, 4.69) is 14.7 Å². The van der Waals surface area contributed by atoms with Crippen molar-refractivity contribution in [3.8, 4) is 0 Å². The summed E-state index contributed by atoms with van der Waals surface area (Å²) in [6.45, 7) is 1.71. The maximum atomic E-state index is 12.1. The third kappa shape index (κ3) is 2.94. The van der Waals surface area contributed by atoms with Crippen molar-refractivity contribution in [2.45, 2.75) is 11.8 Å². The first kappa shape index (κ1) is 13.6. The molecule has 2 N–H and O–H groups in total. The van der Waals surface area contributed by atoms with Gasteiger partial charge < -0.3 is 4.98 Å². The first-order chi connectivity index (χ1) is 8.90. The molecule has 0 aliphatic carbocycles. The Morgan fingerprint density at radius 1 is 1.32 bits per heavy atom. The third-order valence-electron chi connectivity index (χ3n) is 2.42. The second kappa shape index (κ2) is 5.02. The molecule has 2 aromatic rings. The van der Waals surface area contributed by atoms with E-state index in [4.69, 9.17) is 11.6 Å². The number of sulfonamides is 1. The molecule has 0 fully saturated rings. The van der Waals surface area contributed by atoms with E-state index in [0.29, 0.717) is 5.56 Å². The van der Waals surface area contributed by atoms with Crippen LogP contribution < -0.4 is 10.3 Å². The lowest BCUT2D eigenvalue weighted by molar-refractivity contribution is 0.600. The zero-order chi connectivity index (χ0) is 14.0. The van der Waals surface area contributed by atoms with E-state index in [1.807, 2.05) is 0 Å². The molecule has 2 heterocycles. The predicted octanol–water partition coefficient (Wildman–Crippen LogP) is 1.53. The summed E-state index contributed by atoms with van der Waals surface area (Å²) >= 11 is 5.85. The molecule has 19 heavy (non-hydrogen) atoms. The largest absolute Gasteiger partial charge is 0.328 e. The maximum absolute atomic E-state index is 12.1. The molecule has 8 heteroatoms. The molecule has 0 radical (unpaired) electrons. The van der Waals surface area contributed by atoms with Gasteiger partial charge in [0.25, 0.3) is 10.0 Å².